The van der Waals surface area contributed by atoms with Crippen molar-refractivity contribution in [3.8, 4) is 0 Å². The number of hydrogen-bond acceptors (Lipinski definition) is 5. The fourth-order valence-corrected chi connectivity index (χ4v) is 2.18. The first kappa shape index (κ1) is 16.3. The molecule has 0 spiro atoms. The summed E-state index contributed by atoms with van der Waals surface area (Å²) in [5, 5.41) is 9.21. The highest BCUT2D eigenvalue weighted by molar-refractivity contribution is 5.98. The highest BCUT2D eigenvalue weighted by Crippen LogP contribution is 2.42. The van der Waals surface area contributed by atoms with Gasteiger partial charge in [0.15, 0.2) is 0 Å². The van der Waals surface area contributed by atoms with Crippen LogP contribution < -0.4 is 0 Å². The number of alkyl halides is 3. The third-order valence-corrected chi connectivity index (χ3v) is 3.31. The van der Waals surface area contributed by atoms with E-state index >= 15 is 0 Å². The molecule has 1 aromatic rings. The molecule has 2 atom stereocenters. The Balaban J connectivity index is 2.58. The Morgan fingerprint density at radius 3 is 2.59 bits per heavy atom. The molecule has 120 valence electrons. The van der Waals surface area contributed by atoms with Crippen LogP contribution in [-0.4, -0.2) is 48.5 Å². The standard InChI is InChI=1S/C14H14F3NO4/c1-21-12(20)13(14(15,16)17)7-10(8-19)22-11(18-13)9-5-3-2-4-6-9/h2-6,10,19H,7-8H2,1H3/t10-,13+/m1/s1. The number of halogens is 3. The summed E-state index contributed by atoms with van der Waals surface area (Å²) in [5.74, 6) is -1.89. The molecule has 0 radical (unpaired) electrons. The zero-order valence-electron chi connectivity index (χ0n) is 11.6. The first-order chi connectivity index (χ1) is 10.3. The van der Waals surface area contributed by atoms with Gasteiger partial charge in [0.1, 0.15) is 6.10 Å². The van der Waals surface area contributed by atoms with Crippen LogP contribution in [0.15, 0.2) is 35.3 Å². The molecule has 1 aliphatic heterocycles. The van der Waals surface area contributed by atoms with Crippen molar-refractivity contribution in [3.63, 3.8) is 0 Å². The fourth-order valence-electron chi connectivity index (χ4n) is 2.18. The molecular weight excluding hydrogens is 303 g/mol. The second kappa shape index (κ2) is 5.96. The van der Waals surface area contributed by atoms with Crippen molar-refractivity contribution in [2.45, 2.75) is 24.2 Å². The zero-order valence-corrected chi connectivity index (χ0v) is 11.6. The summed E-state index contributed by atoms with van der Waals surface area (Å²) in [6.45, 7) is -0.680. The first-order valence-electron chi connectivity index (χ1n) is 6.42. The van der Waals surface area contributed by atoms with E-state index in [-0.39, 0.29) is 11.5 Å². The van der Waals surface area contributed by atoms with Crippen LogP contribution in [0.3, 0.4) is 0 Å². The summed E-state index contributed by atoms with van der Waals surface area (Å²) in [6, 6.07) is 7.86. The minimum absolute atomic E-state index is 0.276. The Labute approximate surface area is 124 Å². The van der Waals surface area contributed by atoms with Crippen molar-refractivity contribution in [2.75, 3.05) is 13.7 Å². The minimum Gasteiger partial charge on any atom is -0.472 e. The van der Waals surface area contributed by atoms with Crippen molar-refractivity contribution in [2.24, 2.45) is 4.99 Å². The number of hydrogen-bond donors (Lipinski definition) is 1. The number of aliphatic imine (C=N–C) groups is 1. The molecule has 22 heavy (non-hydrogen) atoms. The van der Waals surface area contributed by atoms with E-state index in [1.54, 1.807) is 18.2 Å². The third-order valence-electron chi connectivity index (χ3n) is 3.31. The molecular formula is C14H14F3NO4. The maximum absolute atomic E-state index is 13.5. The molecule has 0 amide bonds. The Morgan fingerprint density at radius 2 is 2.09 bits per heavy atom. The van der Waals surface area contributed by atoms with Crippen LogP contribution in [0.5, 0.6) is 0 Å². The number of benzene rings is 1. The average molecular weight is 317 g/mol. The van der Waals surface area contributed by atoms with Crippen LogP contribution in [0.4, 0.5) is 13.2 Å². The largest absolute Gasteiger partial charge is 0.472 e. The monoisotopic (exact) mass is 317 g/mol. The molecule has 8 heteroatoms. The second-order valence-electron chi connectivity index (χ2n) is 4.76. The van der Waals surface area contributed by atoms with Crippen LogP contribution in [0.25, 0.3) is 0 Å². The molecule has 1 N–H and O–H groups in total. The molecule has 5 nitrogen and oxygen atoms in total. The third kappa shape index (κ3) is 2.78. The molecule has 0 aliphatic carbocycles. The molecule has 0 aromatic heterocycles. The van der Waals surface area contributed by atoms with Crippen molar-refractivity contribution in [1.82, 2.24) is 0 Å². The van der Waals surface area contributed by atoms with E-state index in [0.29, 0.717) is 0 Å². The van der Waals surface area contributed by atoms with Gasteiger partial charge in [0.2, 0.25) is 5.90 Å². The number of methoxy groups -OCH3 is 1. The number of nitrogens with zero attached hydrogens (tertiary/aromatic N) is 1. The molecule has 1 aromatic carbocycles. The Kier molecular flexibility index (Phi) is 4.41. The Hall–Kier alpha value is -2.09. The van der Waals surface area contributed by atoms with Crippen molar-refractivity contribution < 1.29 is 32.5 Å². The number of esters is 1. The van der Waals surface area contributed by atoms with Gasteiger partial charge in [-0.25, -0.2) is 9.79 Å². The maximum atomic E-state index is 13.5. The molecule has 0 fully saturated rings. The number of aliphatic hydroxyl groups excluding tert-OH is 1. The summed E-state index contributed by atoms with van der Waals surface area (Å²) in [4.78, 5) is 15.3. The van der Waals surface area contributed by atoms with Gasteiger partial charge in [0.25, 0.3) is 5.54 Å². The topological polar surface area (TPSA) is 68.1 Å². The first-order valence-corrected chi connectivity index (χ1v) is 6.42. The maximum Gasteiger partial charge on any atom is 0.424 e. The Morgan fingerprint density at radius 1 is 1.45 bits per heavy atom. The number of carbonyl (C=O) groups excluding carboxylic acids is 1. The van der Waals surface area contributed by atoms with Crippen LogP contribution in [0.1, 0.15) is 12.0 Å². The predicted octanol–water partition coefficient (Wildman–Crippen LogP) is 1.69. The van der Waals surface area contributed by atoms with Gasteiger partial charge in [-0.15, -0.1) is 0 Å². The zero-order chi connectivity index (χ0) is 16.4. The number of rotatable bonds is 3. The van der Waals surface area contributed by atoms with Crippen LogP contribution in [-0.2, 0) is 14.3 Å². The lowest BCUT2D eigenvalue weighted by Crippen LogP contribution is -2.57. The summed E-state index contributed by atoms with van der Waals surface area (Å²) >= 11 is 0. The van der Waals surface area contributed by atoms with Crippen molar-refractivity contribution >= 4 is 11.9 Å². The quantitative estimate of drug-likeness (QED) is 0.862. The van der Waals surface area contributed by atoms with E-state index in [2.05, 4.69) is 9.73 Å². The highest BCUT2D eigenvalue weighted by atomic mass is 19.4. The number of aliphatic hydroxyl groups is 1. The number of carbonyl (C=O) groups is 1. The van der Waals surface area contributed by atoms with Crippen LogP contribution in [0, 0.1) is 0 Å². The molecule has 0 saturated heterocycles. The van der Waals surface area contributed by atoms with E-state index in [1.807, 2.05) is 0 Å². The summed E-state index contributed by atoms with van der Waals surface area (Å²) in [7, 11) is 0.858. The van der Waals surface area contributed by atoms with Gasteiger partial charge in [0.05, 0.1) is 13.7 Å². The smallest absolute Gasteiger partial charge is 0.424 e. The lowest BCUT2D eigenvalue weighted by Gasteiger charge is -2.36. The minimum atomic E-state index is -4.97. The molecule has 2 rings (SSSR count). The van der Waals surface area contributed by atoms with Gasteiger partial charge >= 0.3 is 12.1 Å². The summed E-state index contributed by atoms with van der Waals surface area (Å²) in [6.07, 6.45) is -7.03. The van der Waals surface area contributed by atoms with E-state index in [1.165, 1.54) is 12.1 Å². The van der Waals surface area contributed by atoms with Gasteiger partial charge in [-0.05, 0) is 12.1 Å². The number of ether oxygens (including phenoxy) is 2. The second-order valence-corrected chi connectivity index (χ2v) is 4.76. The lowest BCUT2D eigenvalue weighted by atomic mass is 9.90. The van der Waals surface area contributed by atoms with E-state index < -0.39 is 36.8 Å². The highest BCUT2D eigenvalue weighted by Gasteiger charge is 2.64. The normalized spacial score (nSPS) is 25.1. The summed E-state index contributed by atoms with van der Waals surface area (Å²) < 4.78 is 50.0. The van der Waals surface area contributed by atoms with Crippen molar-refractivity contribution in [3.05, 3.63) is 35.9 Å². The average Bonchev–Trinajstić information content (AvgIpc) is 2.53. The predicted molar refractivity (Wildman–Crippen MR) is 70.4 cm³/mol. The fraction of sp³-hybridized carbons (Fsp3) is 0.429. The molecule has 0 bridgehead atoms. The van der Waals surface area contributed by atoms with Crippen molar-refractivity contribution in [1.29, 1.82) is 0 Å². The van der Waals surface area contributed by atoms with E-state index in [9.17, 15) is 23.1 Å². The molecule has 0 unspecified atom stereocenters. The van der Waals surface area contributed by atoms with E-state index in [4.69, 9.17) is 4.74 Å². The van der Waals surface area contributed by atoms with Gasteiger partial charge in [-0.3, -0.25) is 0 Å². The van der Waals surface area contributed by atoms with Crippen LogP contribution >= 0.6 is 0 Å². The molecule has 1 aliphatic rings. The van der Waals surface area contributed by atoms with Gasteiger partial charge < -0.3 is 14.6 Å². The molecule has 1 heterocycles. The van der Waals surface area contributed by atoms with Gasteiger partial charge in [-0.2, -0.15) is 13.2 Å². The SMILES string of the molecule is COC(=O)[C@]1(C(F)(F)F)C[C@H](CO)OC(c2ccccc2)=N1. The van der Waals surface area contributed by atoms with E-state index in [0.717, 1.165) is 7.11 Å². The van der Waals surface area contributed by atoms with Crippen LogP contribution in [0.2, 0.25) is 0 Å². The summed E-state index contributed by atoms with van der Waals surface area (Å²) in [5.41, 5.74) is -2.81. The molecule has 0 saturated carbocycles. The Bertz CT molecular complexity index is 573. The lowest BCUT2D eigenvalue weighted by molar-refractivity contribution is -0.212. The van der Waals surface area contributed by atoms with Gasteiger partial charge in [-0.1, -0.05) is 18.2 Å². The van der Waals surface area contributed by atoms with Gasteiger partial charge in [0, 0.05) is 12.0 Å².